The summed E-state index contributed by atoms with van der Waals surface area (Å²) in [6, 6.07) is 0. The smallest absolute Gasteiger partial charge is 0.144 e. The molecule has 0 atom stereocenters. The Morgan fingerprint density at radius 1 is 1.60 bits per heavy atom. The summed E-state index contributed by atoms with van der Waals surface area (Å²) in [5.74, 6) is 0. The molecule has 10 heavy (non-hydrogen) atoms. The molecule has 0 saturated carbocycles. The fraction of sp³-hybridized carbons (Fsp3) is 0.833. The maximum absolute atomic E-state index is 5.00. The lowest BCUT2D eigenvalue weighted by atomic mass is 10.6. The summed E-state index contributed by atoms with van der Waals surface area (Å²) in [6.45, 7) is 7.29. The number of thiocarbonyl (C=S) groups is 1. The van der Waals surface area contributed by atoms with Crippen LogP contribution in [0.5, 0.6) is 0 Å². The van der Waals surface area contributed by atoms with Crippen LogP contribution < -0.4 is 5.32 Å². The lowest BCUT2D eigenvalue weighted by Crippen LogP contribution is -2.16. The van der Waals surface area contributed by atoms with Crippen molar-refractivity contribution in [2.45, 2.75) is 26.0 Å². The first-order valence-electron chi connectivity index (χ1n) is 3.28. The van der Waals surface area contributed by atoms with Crippen molar-refractivity contribution in [3.05, 3.63) is 0 Å². The van der Waals surface area contributed by atoms with Gasteiger partial charge in [0.05, 0.1) is 0 Å². The van der Waals surface area contributed by atoms with Gasteiger partial charge in [0.2, 0.25) is 0 Å². The van der Waals surface area contributed by atoms with Crippen molar-refractivity contribution in [2.75, 3.05) is 6.54 Å². The van der Waals surface area contributed by atoms with Gasteiger partial charge in [-0.25, -0.2) is 0 Å². The maximum atomic E-state index is 5.00. The molecule has 0 aliphatic carbocycles. The molecule has 4 heteroatoms. The molecule has 0 aromatic heterocycles. The van der Waals surface area contributed by atoms with Crippen LogP contribution in [0.25, 0.3) is 0 Å². The molecule has 0 aromatic rings. The Bertz CT molecular complexity index is 103. The van der Waals surface area contributed by atoms with Crippen molar-refractivity contribution in [3.8, 4) is 0 Å². The monoisotopic (exact) mass is 195 g/mol. The van der Waals surface area contributed by atoms with Gasteiger partial charge in [-0.3, -0.25) is 0 Å². The first-order valence-corrected chi connectivity index (χ1v) is 5.90. The highest BCUT2D eigenvalue weighted by Gasteiger charge is 1.98. The van der Waals surface area contributed by atoms with Crippen LogP contribution in [-0.4, -0.2) is 16.1 Å². The molecule has 1 N–H and O–H groups in total. The van der Waals surface area contributed by atoms with Gasteiger partial charge in [-0.2, -0.15) is 0 Å². The summed E-state index contributed by atoms with van der Waals surface area (Å²) in [6.07, 6.45) is 0. The third-order valence-corrected chi connectivity index (χ3v) is 4.07. The van der Waals surface area contributed by atoms with Crippen LogP contribution in [0.15, 0.2) is 0 Å². The molecular formula is C6H13NS3. The topological polar surface area (TPSA) is 12.0 Å². The Morgan fingerprint density at radius 3 is 2.60 bits per heavy atom. The molecular weight excluding hydrogens is 182 g/mol. The first-order chi connectivity index (χ1) is 4.66. The van der Waals surface area contributed by atoms with Gasteiger partial charge < -0.3 is 5.32 Å². The molecule has 0 rings (SSSR count). The van der Waals surface area contributed by atoms with Gasteiger partial charge in [0.15, 0.2) is 0 Å². The van der Waals surface area contributed by atoms with E-state index in [2.05, 4.69) is 19.2 Å². The van der Waals surface area contributed by atoms with Crippen molar-refractivity contribution < 1.29 is 0 Å². The van der Waals surface area contributed by atoms with Crippen LogP contribution in [0.3, 0.4) is 0 Å². The van der Waals surface area contributed by atoms with Crippen molar-refractivity contribution in [1.82, 2.24) is 5.32 Å². The van der Waals surface area contributed by atoms with Crippen molar-refractivity contribution in [3.63, 3.8) is 0 Å². The van der Waals surface area contributed by atoms with Crippen LogP contribution in [0.2, 0.25) is 0 Å². The van der Waals surface area contributed by atoms with E-state index in [1.165, 1.54) is 0 Å². The quantitative estimate of drug-likeness (QED) is 0.548. The molecule has 0 aliphatic rings. The standard InChI is InChI=1S/C6H13NS3/c1-4-7-6(8)10-9-5(2)3/h5H,4H2,1-3H3,(H,7,8). The van der Waals surface area contributed by atoms with Gasteiger partial charge in [-0.1, -0.05) is 36.9 Å². The van der Waals surface area contributed by atoms with Crippen molar-refractivity contribution in [1.29, 1.82) is 0 Å². The summed E-state index contributed by atoms with van der Waals surface area (Å²) in [5.41, 5.74) is 0. The highest BCUT2D eigenvalue weighted by Crippen LogP contribution is 2.26. The Labute approximate surface area is 76.1 Å². The van der Waals surface area contributed by atoms with Crippen LogP contribution >= 0.6 is 33.8 Å². The molecule has 0 aromatic carbocycles. The Hall–Kier alpha value is 0.590. The maximum Gasteiger partial charge on any atom is 0.144 e. The van der Waals surface area contributed by atoms with Gasteiger partial charge in [0.25, 0.3) is 0 Å². The highest BCUT2D eigenvalue weighted by molar-refractivity contribution is 8.83. The van der Waals surface area contributed by atoms with Crippen molar-refractivity contribution >= 4 is 38.1 Å². The zero-order valence-electron chi connectivity index (χ0n) is 6.51. The lowest BCUT2D eigenvalue weighted by molar-refractivity contribution is 0.996. The van der Waals surface area contributed by atoms with Gasteiger partial charge in [-0.05, 0) is 17.7 Å². The Balaban J connectivity index is 3.22. The fourth-order valence-corrected chi connectivity index (χ4v) is 2.31. The van der Waals surface area contributed by atoms with Crippen LogP contribution in [0.4, 0.5) is 0 Å². The van der Waals surface area contributed by atoms with E-state index in [0.29, 0.717) is 5.25 Å². The molecule has 0 bridgehead atoms. The predicted molar refractivity (Wildman–Crippen MR) is 56.6 cm³/mol. The minimum absolute atomic E-state index is 0.640. The van der Waals surface area contributed by atoms with E-state index in [1.807, 2.05) is 6.92 Å². The molecule has 0 spiro atoms. The van der Waals surface area contributed by atoms with Gasteiger partial charge in [0, 0.05) is 11.8 Å². The summed E-state index contributed by atoms with van der Waals surface area (Å²) in [5, 5.41) is 3.71. The summed E-state index contributed by atoms with van der Waals surface area (Å²) < 4.78 is 0.890. The molecule has 0 fully saturated rings. The molecule has 0 aliphatic heterocycles. The van der Waals surface area contributed by atoms with Gasteiger partial charge in [0.1, 0.15) is 4.32 Å². The van der Waals surface area contributed by atoms with E-state index in [9.17, 15) is 0 Å². The number of hydrogen-bond donors (Lipinski definition) is 1. The number of hydrogen-bond acceptors (Lipinski definition) is 3. The van der Waals surface area contributed by atoms with E-state index in [4.69, 9.17) is 12.2 Å². The summed E-state index contributed by atoms with van der Waals surface area (Å²) in [7, 11) is 3.44. The SMILES string of the molecule is CCNC(=S)SSC(C)C. The zero-order chi connectivity index (χ0) is 7.98. The normalized spacial score (nSPS) is 10.0. The van der Waals surface area contributed by atoms with E-state index < -0.39 is 0 Å². The Morgan fingerprint density at radius 2 is 2.20 bits per heavy atom. The van der Waals surface area contributed by atoms with Gasteiger partial charge >= 0.3 is 0 Å². The van der Waals surface area contributed by atoms with Gasteiger partial charge in [-0.15, -0.1) is 0 Å². The minimum atomic E-state index is 0.640. The molecule has 0 unspecified atom stereocenters. The van der Waals surface area contributed by atoms with E-state index in [-0.39, 0.29) is 0 Å². The minimum Gasteiger partial charge on any atom is -0.371 e. The lowest BCUT2D eigenvalue weighted by Gasteiger charge is -2.04. The third kappa shape index (κ3) is 6.71. The van der Waals surface area contributed by atoms with E-state index in [0.717, 1.165) is 10.9 Å². The third-order valence-electron chi connectivity index (χ3n) is 0.637. The Kier molecular flexibility index (Phi) is 6.68. The van der Waals surface area contributed by atoms with E-state index >= 15 is 0 Å². The molecule has 1 nitrogen and oxygen atoms in total. The molecule has 60 valence electrons. The van der Waals surface area contributed by atoms with Crippen LogP contribution in [-0.2, 0) is 0 Å². The average molecular weight is 195 g/mol. The highest BCUT2D eigenvalue weighted by atomic mass is 33.1. The molecule has 0 amide bonds. The van der Waals surface area contributed by atoms with Crippen LogP contribution in [0.1, 0.15) is 20.8 Å². The van der Waals surface area contributed by atoms with Crippen LogP contribution in [0, 0.1) is 0 Å². The summed E-state index contributed by atoms with van der Waals surface area (Å²) >= 11 is 5.00. The second-order valence-corrected chi connectivity index (χ2v) is 5.50. The average Bonchev–Trinajstić information content (AvgIpc) is 1.85. The molecule has 0 saturated heterocycles. The number of nitrogens with one attached hydrogen (secondary N) is 1. The van der Waals surface area contributed by atoms with Crippen molar-refractivity contribution in [2.24, 2.45) is 0 Å². The first kappa shape index (κ1) is 10.6. The fourth-order valence-electron chi connectivity index (χ4n) is 0.314. The predicted octanol–water partition coefficient (Wildman–Crippen LogP) is 2.67. The zero-order valence-corrected chi connectivity index (χ0v) is 8.96. The van der Waals surface area contributed by atoms with E-state index in [1.54, 1.807) is 21.6 Å². The molecule has 0 heterocycles. The second-order valence-electron chi connectivity index (χ2n) is 2.05. The largest absolute Gasteiger partial charge is 0.371 e. The second kappa shape index (κ2) is 6.31. The molecule has 0 radical (unpaired) electrons. The summed E-state index contributed by atoms with van der Waals surface area (Å²) in [4.78, 5) is 0. The number of rotatable bonds is 3.